The fraction of sp³-hybridized carbons (Fsp3) is 0.286. The van der Waals surface area contributed by atoms with Gasteiger partial charge in [-0.1, -0.05) is 30.0 Å². The van der Waals surface area contributed by atoms with Crippen LogP contribution in [0, 0.1) is 20.8 Å². The zero-order chi connectivity index (χ0) is 21.4. The second kappa shape index (κ2) is 8.31. The van der Waals surface area contributed by atoms with Gasteiger partial charge in [0, 0.05) is 5.69 Å². The van der Waals surface area contributed by atoms with Crippen LogP contribution in [-0.2, 0) is 4.79 Å². The van der Waals surface area contributed by atoms with Crippen LogP contribution in [-0.4, -0.2) is 33.1 Å². The van der Waals surface area contributed by atoms with Crippen molar-refractivity contribution < 1.29 is 9.53 Å². The molecule has 30 heavy (non-hydrogen) atoms. The van der Waals surface area contributed by atoms with Crippen molar-refractivity contribution in [1.82, 2.24) is 14.9 Å². The lowest BCUT2D eigenvalue weighted by Crippen LogP contribution is -2.41. The van der Waals surface area contributed by atoms with E-state index in [1.165, 1.54) is 11.8 Å². The van der Waals surface area contributed by atoms with Gasteiger partial charge in [0.15, 0.2) is 0 Å². The maximum atomic E-state index is 13.4. The Morgan fingerprint density at radius 3 is 2.77 bits per heavy atom. The standard InChI is InChI=1S/C21H22BrN5O2S/c1-11-6-5-7-16(12(11)2)23-20(28)19-18(14-8-9-17(29-4)15(22)10-14)26-27-13(3)24-25-21(27)30-19/h5-10,18-19,26H,1-4H3,(H,23,28). The first-order valence-corrected chi connectivity index (χ1v) is 11.1. The van der Waals surface area contributed by atoms with Crippen LogP contribution in [0.4, 0.5) is 5.69 Å². The van der Waals surface area contributed by atoms with E-state index in [1.54, 1.807) is 7.11 Å². The molecule has 9 heteroatoms. The van der Waals surface area contributed by atoms with E-state index >= 15 is 0 Å². The molecule has 1 aliphatic heterocycles. The van der Waals surface area contributed by atoms with E-state index in [-0.39, 0.29) is 11.9 Å². The minimum atomic E-state index is -0.443. The first kappa shape index (κ1) is 20.7. The van der Waals surface area contributed by atoms with Gasteiger partial charge in [0.1, 0.15) is 16.8 Å². The molecule has 4 rings (SSSR count). The summed E-state index contributed by atoms with van der Waals surface area (Å²) >= 11 is 4.95. The topological polar surface area (TPSA) is 81.1 Å². The number of hydrogen-bond acceptors (Lipinski definition) is 6. The summed E-state index contributed by atoms with van der Waals surface area (Å²) in [6.45, 7) is 5.92. The summed E-state index contributed by atoms with van der Waals surface area (Å²) in [6, 6.07) is 11.4. The van der Waals surface area contributed by atoms with E-state index < -0.39 is 5.25 Å². The quantitative estimate of drug-likeness (QED) is 0.568. The summed E-state index contributed by atoms with van der Waals surface area (Å²) in [7, 11) is 1.63. The molecule has 2 unspecified atom stereocenters. The number of amides is 1. The van der Waals surface area contributed by atoms with Gasteiger partial charge in [0.25, 0.3) is 0 Å². The van der Waals surface area contributed by atoms with Crippen molar-refractivity contribution >= 4 is 39.3 Å². The normalized spacial score (nSPS) is 17.8. The number of halogens is 1. The molecular formula is C21H22BrN5O2S. The van der Waals surface area contributed by atoms with Crippen molar-refractivity contribution in [3.63, 3.8) is 0 Å². The van der Waals surface area contributed by atoms with Crippen LogP contribution in [0.25, 0.3) is 0 Å². The maximum Gasteiger partial charge on any atom is 0.240 e. The van der Waals surface area contributed by atoms with E-state index in [9.17, 15) is 4.79 Å². The molecule has 2 N–H and O–H groups in total. The first-order valence-electron chi connectivity index (χ1n) is 9.44. The molecule has 1 amide bonds. The number of aromatic nitrogens is 3. The van der Waals surface area contributed by atoms with Crippen LogP contribution in [0.3, 0.4) is 0 Å². The fourth-order valence-electron chi connectivity index (χ4n) is 3.38. The van der Waals surface area contributed by atoms with Crippen LogP contribution in [0.5, 0.6) is 5.75 Å². The minimum Gasteiger partial charge on any atom is -0.496 e. The molecule has 2 aromatic carbocycles. The number of nitrogens with zero attached hydrogens (tertiary/aromatic N) is 3. The Morgan fingerprint density at radius 1 is 1.23 bits per heavy atom. The van der Waals surface area contributed by atoms with Gasteiger partial charge in [0.2, 0.25) is 11.1 Å². The number of anilines is 1. The molecule has 2 atom stereocenters. The van der Waals surface area contributed by atoms with Crippen molar-refractivity contribution in [2.24, 2.45) is 0 Å². The Kier molecular flexibility index (Phi) is 5.75. The van der Waals surface area contributed by atoms with Crippen molar-refractivity contribution in [1.29, 1.82) is 0 Å². The SMILES string of the molecule is COc1ccc(C2Nn3c(C)nnc3SC2C(=O)Nc2cccc(C)c2C)cc1Br. The van der Waals surface area contributed by atoms with Crippen LogP contribution in [0.2, 0.25) is 0 Å². The summed E-state index contributed by atoms with van der Waals surface area (Å²) in [5.41, 5.74) is 7.38. The van der Waals surface area contributed by atoms with Gasteiger partial charge >= 0.3 is 0 Å². The van der Waals surface area contributed by atoms with Crippen molar-refractivity contribution in [3.05, 3.63) is 63.4 Å². The lowest BCUT2D eigenvalue weighted by Gasteiger charge is -2.33. The molecule has 1 aliphatic rings. The third kappa shape index (κ3) is 3.79. The molecule has 0 fully saturated rings. The Morgan fingerprint density at radius 2 is 2.03 bits per heavy atom. The molecule has 7 nitrogen and oxygen atoms in total. The highest BCUT2D eigenvalue weighted by Crippen LogP contribution is 2.39. The van der Waals surface area contributed by atoms with Crippen LogP contribution in [0.1, 0.15) is 28.6 Å². The molecule has 156 valence electrons. The largest absolute Gasteiger partial charge is 0.496 e. The van der Waals surface area contributed by atoms with Gasteiger partial charge in [-0.25, -0.2) is 4.68 Å². The zero-order valence-electron chi connectivity index (χ0n) is 17.1. The number of nitrogens with one attached hydrogen (secondary N) is 2. The molecule has 1 aromatic heterocycles. The maximum absolute atomic E-state index is 13.4. The van der Waals surface area contributed by atoms with Gasteiger partial charge in [0.05, 0.1) is 17.6 Å². The summed E-state index contributed by atoms with van der Waals surface area (Å²) in [5.74, 6) is 1.38. The van der Waals surface area contributed by atoms with Crippen molar-refractivity contribution in [3.8, 4) is 5.75 Å². The molecule has 0 saturated carbocycles. The predicted octanol–water partition coefficient (Wildman–Crippen LogP) is 4.37. The summed E-state index contributed by atoms with van der Waals surface area (Å²) in [4.78, 5) is 13.4. The van der Waals surface area contributed by atoms with Gasteiger partial charge < -0.3 is 15.5 Å². The lowest BCUT2D eigenvalue weighted by molar-refractivity contribution is -0.116. The number of methoxy groups -OCH3 is 1. The molecule has 2 heterocycles. The Bertz CT molecular complexity index is 1120. The number of aryl methyl sites for hydroxylation is 2. The Labute approximate surface area is 187 Å². The molecule has 0 bridgehead atoms. The monoisotopic (exact) mass is 487 g/mol. The fourth-order valence-corrected chi connectivity index (χ4v) is 5.06. The van der Waals surface area contributed by atoms with Crippen molar-refractivity contribution in [2.45, 2.75) is 37.2 Å². The summed E-state index contributed by atoms with van der Waals surface area (Å²) < 4.78 is 8.01. The second-order valence-corrected chi connectivity index (χ2v) is 9.10. The van der Waals surface area contributed by atoms with E-state index in [2.05, 4.69) is 36.9 Å². The van der Waals surface area contributed by atoms with Gasteiger partial charge in [-0.3, -0.25) is 4.79 Å². The molecule has 3 aromatic rings. The number of carbonyl (C=O) groups is 1. The number of rotatable bonds is 4. The summed E-state index contributed by atoms with van der Waals surface area (Å²) in [6.07, 6.45) is 0. The number of thioether (sulfide) groups is 1. The molecule has 0 radical (unpaired) electrons. The van der Waals surface area contributed by atoms with E-state index in [4.69, 9.17) is 4.74 Å². The third-order valence-electron chi connectivity index (χ3n) is 5.25. The summed E-state index contributed by atoms with van der Waals surface area (Å²) in [5, 5.41) is 11.7. The first-order chi connectivity index (χ1) is 14.4. The average molecular weight is 488 g/mol. The van der Waals surface area contributed by atoms with Gasteiger partial charge in [-0.15, -0.1) is 10.2 Å². The number of hydrogen-bond donors (Lipinski definition) is 2. The minimum absolute atomic E-state index is 0.0926. The smallest absolute Gasteiger partial charge is 0.240 e. The molecule has 0 aliphatic carbocycles. The van der Waals surface area contributed by atoms with Crippen LogP contribution in [0.15, 0.2) is 46.0 Å². The van der Waals surface area contributed by atoms with Crippen LogP contribution >= 0.6 is 27.7 Å². The molecule has 0 saturated heterocycles. The zero-order valence-corrected chi connectivity index (χ0v) is 19.5. The molecular weight excluding hydrogens is 466 g/mol. The van der Waals surface area contributed by atoms with Crippen LogP contribution < -0.4 is 15.5 Å². The number of fused-ring (bicyclic) bond motifs is 1. The highest BCUT2D eigenvalue weighted by atomic mass is 79.9. The highest BCUT2D eigenvalue weighted by Gasteiger charge is 2.37. The number of ether oxygens (including phenoxy) is 1. The highest BCUT2D eigenvalue weighted by molar-refractivity contribution is 9.10. The number of benzene rings is 2. The Balaban J connectivity index is 1.70. The Hall–Kier alpha value is -2.52. The number of carbonyl (C=O) groups excluding carboxylic acids is 1. The van der Waals surface area contributed by atoms with E-state index in [0.29, 0.717) is 5.16 Å². The lowest BCUT2D eigenvalue weighted by atomic mass is 10.0. The second-order valence-electron chi connectivity index (χ2n) is 7.14. The predicted molar refractivity (Wildman–Crippen MR) is 122 cm³/mol. The van der Waals surface area contributed by atoms with Gasteiger partial charge in [-0.2, -0.15) is 0 Å². The third-order valence-corrected chi connectivity index (χ3v) is 7.09. The van der Waals surface area contributed by atoms with Gasteiger partial charge in [-0.05, 0) is 71.6 Å². The van der Waals surface area contributed by atoms with E-state index in [1.807, 2.05) is 61.8 Å². The molecule has 0 spiro atoms. The van der Waals surface area contributed by atoms with E-state index in [0.717, 1.165) is 38.4 Å². The average Bonchev–Trinajstić information content (AvgIpc) is 3.10. The van der Waals surface area contributed by atoms with Crippen molar-refractivity contribution in [2.75, 3.05) is 17.9 Å².